The van der Waals surface area contributed by atoms with Crippen molar-refractivity contribution in [3.8, 4) is 5.75 Å². The van der Waals surface area contributed by atoms with Crippen molar-refractivity contribution in [3.63, 3.8) is 0 Å². The molecule has 3 rings (SSSR count). The zero-order chi connectivity index (χ0) is 15.6. The van der Waals surface area contributed by atoms with Crippen molar-refractivity contribution in [2.75, 3.05) is 11.9 Å². The van der Waals surface area contributed by atoms with Gasteiger partial charge in [0.05, 0.1) is 5.56 Å². The fourth-order valence-corrected chi connectivity index (χ4v) is 2.59. The smallest absolute Gasteiger partial charge is 0.419 e. The van der Waals surface area contributed by atoms with Crippen LogP contribution in [0.5, 0.6) is 5.75 Å². The average Bonchev–Trinajstić information content (AvgIpc) is 2.52. The molecule has 0 aliphatic carbocycles. The van der Waals surface area contributed by atoms with Crippen LogP contribution in [0.25, 0.3) is 0 Å². The van der Waals surface area contributed by atoms with Crippen LogP contribution in [0.4, 0.5) is 18.9 Å². The third kappa shape index (κ3) is 3.18. The molecule has 0 saturated carbocycles. The number of alkyl halides is 3. The molecule has 1 N–H and O–H groups in total. The monoisotopic (exact) mass is 307 g/mol. The van der Waals surface area contributed by atoms with E-state index >= 15 is 0 Å². The Kier molecular flexibility index (Phi) is 3.96. The molecule has 0 fully saturated rings. The Balaban J connectivity index is 1.76. The molecule has 2 aromatic rings. The predicted molar refractivity (Wildman–Crippen MR) is 79.0 cm³/mol. The van der Waals surface area contributed by atoms with Crippen LogP contribution in [-0.2, 0) is 19.2 Å². The second-order valence-corrected chi connectivity index (χ2v) is 5.30. The van der Waals surface area contributed by atoms with Crippen molar-refractivity contribution in [1.29, 1.82) is 0 Å². The lowest BCUT2D eigenvalue weighted by Gasteiger charge is -2.19. The first kappa shape index (κ1) is 14.8. The minimum absolute atomic E-state index is 0.113. The maximum atomic E-state index is 12.9. The number of nitrogens with one attached hydrogen (secondary N) is 1. The third-order valence-corrected chi connectivity index (χ3v) is 3.70. The largest absolute Gasteiger partial charge is 0.488 e. The van der Waals surface area contributed by atoms with Crippen LogP contribution in [-0.4, -0.2) is 6.54 Å². The summed E-state index contributed by atoms with van der Waals surface area (Å²) in [7, 11) is 0. The van der Waals surface area contributed by atoms with Gasteiger partial charge in [-0.3, -0.25) is 0 Å². The van der Waals surface area contributed by atoms with Gasteiger partial charge >= 0.3 is 6.18 Å². The predicted octanol–water partition coefficient (Wildman–Crippen LogP) is 4.64. The first-order valence-electron chi connectivity index (χ1n) is 7.19. The first-order chi connectivity index (χ1) is 10.5. The summed E-state index contributed by atoms with van der Waals surface area (Å²) in [5.74, 6) is -0.138. The Labute approximate surface area is 126 Å². The molecule has 1 heterocycles. The summed E-state index contributed by atoms with van der Waals surface area (Å²) >= 11 is 0. The Bertz CT molecular complexity index is 667. The van der Waals surface area contributed by atoms with E-state index in [4.69, 9.17) is 4.74 Å². The summed E-state index contributed by atoms with van der Waals surface area (Å²) in [6.45, 7) is 1.04. The molecule has 5 heteroatoms. The zero-order valence-corrected chi connectivity index (χ0v) is 11.9. The number of para-hydroxylation sites is 1. The molecule has 0 aromatic heterocycles. The number of ether oxygens (including phenoxy) is 1. The van der Waals surface area contributed by atoms with Crippen LogP contribution >= 0.6 is 0 Å². The molecular formula is C17H16F3NO. The lowest BCUT2D eigenvalue weighted by atomic mass is 10.0. The molecule has 0 bridgehead atoms. The Morgan fingerprint density at radius 2 is 1.91 bits per heavy atom. The lowest BCUT2D eigenvalue weighted by molar-refractivity contribution is -0.139. The van der Waals surface area contributed by atoms with Gasteiger partial charge in [-0.15, -0.1) is 0 Å². The molecule has 0 spiro atoms. The molecule has 0 radical (unpaired) electrons. The number of hydrogen-bond donors (Lipinski definition) is 1. The second-order valence-electron chi connectivity index (χ2n) is 5.30. The van der Waals surface area contributed by atoms with E-state index in [9.17, 15) is 13.2 Å². The second kappa shape index (κ2) is 5.91. The number of benzene rings is 2. The fourth-order valence-electron chi connectivity index (χ4n) is 2.59. The molecule has 0 atom stereocenters. The van der Waals surface area contributed by atoms with Gasteiger partial charge in [0.1, 0.15) is 12.4 Å². The van der Waals surface area contributed by atoms with Crippen LogP contribution in [0.3, 0.4) is 0 Å². The molecule has 1 aliphatic rings. The molecule has 0 unspecified atom stereocenters. The normalized spacial score (nSPS) is 14.1. The van der Waals surface area contributed by atoms with Crippen molar-refractivity contribution in [2.45, 2.75) is 25.6 Å². The van der Waals surface area contributed by atoms with E-state index in [0.29, 0.717) is 0 Å². The molecule has 22 heavy (non-hydrogen) atoms. The van der Waals surface area contributed by atoms with Gasteiger partial charge in [0.25, 0.3) is 0 Å². The van der Waals surface area contributed by atoms with E-state index < -0.39 is 11.7 Å². The topological polar surface area (TPSA) is 21.3 Å². The number of anilines is 1. The van der Waals surface area contributed by atoms with Crippen LogP contribution in [0, 0.1) is 0 Å². The SMILES string of the molecule is FC(F)(F)c1ccccc1OCc1ccc2c(c1)NCCC2. The van der Waals surface area contributed by atoms with Crippen LogP contribution in [0.1, 0.15) is 23.1 Å². The summed E-state index contributed by atoms with van der Waals surface area (Å²) in [4.78, 5) is 0. The van der Waals surface area contributed by atoms with E-state index in [-0.39, 0.29) is 12.4 Å². The van der Waals surface area contributed by atoms with Gasteiger partial charge in [0.2, 0.25) is 0 Å². The number of fused-ring (bicyclic) bond motifs is 1. The molecule has 116 valence electrons. The number of rotatable bonds is 3. The van der Waals surface area contributed by atoms with Gasteiger partial charge in [0.15, 0.2) is 0 Å². The fraction of sp³-hybridized carbons (Fsp3) is 0.294. The molecular weight excluding hydrogens is 291 g/mol. The van der Waals surface area contributed by atoms with E-state index in [1.54, 1.807) is 6.07 Å². The van der Waals surface area contributed by atoms with E-state index in [1.807, 2.05) is 18.2 Å². The van der Waals surface area contributed by atoms with Gasteiger partial charge in [-0.25, -0.2) is 0 Å². The van der Waals surface area contributed by atoms with Gasteiger partial charge in [-0.2, -0.15) is 13.2 Å². The number of halogens is 3. The molecule has 0 saturated heterocycles. The average molecular weight is 307 g/mol. The highest BCUT2D eigenvalue weighted by Gasteiger charge is 2.33. The first-order valence-corrected chi connectivity index (χ1v) is 7.19. The molecule has 0 amide bonds. The van der Waals surface area contributed by atoms with E-state index in [2.05, 4.69) is 5.32 Å². The Hall–Kier alpha value is -2.17. The van der Waals surface area contributed by atoms with Crippen LogP contribution in [0.15, 0.2) is 42.5 Å². The molecule has 2 aromatic carbocycles. The molecule has 2 nitrogen and oxygen atoms in total. The highest BCUT2D eigenvalue weighted by atomic mass is 19.4. The minimum atomic E-state index is -4.41. The van der Waals surface area contributed by atoms with Crippen molar-refractivity contribution in [2.24, 2.45) is 0 Å². The number of hydrogen-bond acceptors (Lipinski definition) is 2. The van der Waals surface area contributed by atoms with Gasteiger partial charge < -0.3 is 10.1 Å². The summed E-state index contributed by atoms with van der Waals surface area (Å²) in [5, 5.41) is 3.30. The summed E-state index contributed by atoms with van der Waals surface area (Å²) in [5.41, 5.74) is 2.40. The van der Waals surface area contributed by atoms with Gasteiger partial charge in [-0.1, -0.05) is 24.3 Å². The van der Waals surface area contributed by atoms with Gasteiger partial charge in [0, 0.05) is 12.2 Å². The summed E-state index contributed by atoms with van der Waals surface area (Å²) in [6.07, 6.45) is -2.28. The molecule has 1 aliphatic heterocycles. The maximum Gasteiger partial charge on any atom is 0.419 e. The van der Waals surface area contributed by atoms with Crippen molar-refractivity contribution in [1.82, 2.24) is 0 Å². The Morgan fingerprint density at radius 3 is 2.73 bits per heavy atom. The standard InChI is InChI=1S/C17H16F3NO/c18-17(19,20)14-5-1-2-6-16(14)22-11-12-7-8-13-4-3-9-21-15(13)10-12/h1-2,5-8,10,21H,3-4,9,11H2. The zero-order valence-electron chi connectivity index (χ0n) is 11.9. The van der Waals surface area contributed by atoms with Crippen molar-refractivity contribution < 1.29 is 17.9 Å². The number of aryl methyl sites for hydroxylation is 1. The quantitative estimate of drug-likeness (QED) is 0.891. The highest BCUT2D eigenvalue weighted by molar-refractivity contribution is 5.54. The van der Waals surface area contributed by atoms with Crippen LogP contribution < -0.4 is 10.1 Å². The van der Waals surface area contributed by atoms with E-state index in [0.717, 1.165) is 36.7 Å². The summed E-state index contributed by atoms with van der Waals surface area (Å²) in [6, 6.07) is 11.1. The van der Waals surface area contributed by atoms with Crippen molar-refractivity contribution >= 4 is 5.69 Å². The van der Waals surface area contributed by atoms with E-state index in [1.165, 1.54) is 17.7 Å². The lowest BCUT2D eigenvalue weighted by Crippen LogP contribution is -2.12. The third-order valence-electron chi connectivity index (χ3n) is 3.70. The van der Waals surface area contributed by atoms with Crippen molar-refractivity contribution in [3.05, 3.63) is 59.2 Å². The van der Waals surface area contributed by atoms with Crippen LogP contribution in [0.2, 0.25) is 0 Å². The maximum absolute atomic E-state index is 12.9. The summed E-state index contributed by atoms with van der Waals surface area (Å²) < 4.78 is 44.1. The minimum Gasteiger partial charge on any atom is -0.488 e. The Morgan fingerprint density at radius 1 is 1.09 bits per heavy atom. The highest BCUT2D eigenvalue weighted by Crippen LogP contribution is 2.36. The van der Waals surface area contributed by atoms with Gasteiger partial charge in [-0.05, 0) is 42.2 Å².